The van der Waals surface area contributed by atoms with E-state index in [0.717, 1.165) is 19.6 Å². The summed E-state index contributed by atoms with van der Waals surface area (Å²) in [5.41, 5.74) is 7.57. The first kappa shape index (κ1) is 17.9. The van der Waals surface area contributed by atoms with Gasteiger partial charge >= 0.3 is 0 Å². The highest BCUT2D eigenvalue weighted by Gasteiger charge is 2.18. The maximum absolute atomic E-state index is 11.6. The SMILES string of the molecule is Cc1ccc2c(c1C)CN(C[C@H](C)NC(=O)CNO)CCCC2. The quantitative estimate of drug-likeness (QED) is 0.726. The van der Waals surface area contributed by atoms with Crippen LogP contribution in [0.4, 0.5) is 0 Å². The maximum Gasteiger partial charge on any atom is 0.236 e. The fourth-order valence-corrected chi connectivity index (χ4v) is 3.32. The third-order valence-corrected chi connectivity index (χ3v) is 4.70. The lowest BCUT2D eigenvalue weighted by atomic mass is 9.92. The van der Waals surface area contributed by atoms with Crippen LogP contribution in [0.25, 0.3) is 0 Å². The van der Waals surface area contributed by atoms with Crippen LogP contribution < -0.4 is 10.8 Å². The van der Waals surface area contributed by atoms with E-state index < -0.39 is 0 Å². The van der Waals surface area contributed by atoms with E-state index in [4.69, 9.17) is 5.21 Å². The van der Waals surface area contributed by atoms with Gasteiger partial charge in [0.05, 0.1) is 6.54 Å². The lowest BCUT2D eigenvalue weighted by Gasteiger charge is -2.30. The second kappa shape index (κ2) is 8.43. The number of benzene rings is 1. The van der Waals surface area contributed by atoms with Crippen LogP contribution in [-0.4, -0.2) is 41.7 Å². The Bertz CT molecular complexity index is 545. The van der Waals surface area contributed by atoms with Gasteiger partial charge in [-0.3, -0.25) is 9.69 Å². The van der Waals surface area contributed by atoms with Crippen molar-refractivity contribution in [3.8, 4) is 0 Å². The molecule has 0 bridgehead atoms. The Hall–Kier alpha value is -1.43. The smallest absolute Gasteiger partial charge is 0.236 e. The van der Waals surface area contributed by atoms with E-state index in [1.54, 1.807) is 0 Å². The van der Waals surface area contributed by atoms with Crippen molar-refractivity contribution in [2.45, 2.75) is 52.6 Å². The number of amides is 1. The predicted molar refractivity (Wildman–Crippen MR) is 91.5 cm³/mol. The number of nitrogens with zero attached hydrogens (tertiary/aromatic N) is 1. The molecule has 1 heterocycles. The zero-order valence-corrected chi connectivity index (χ0v) is 14.5. The predicted octanol–water partition coefficient (Wildman–Crippen LogP) is 1.93. The molecule has 5 heteroatoms. The Balaban J connectivity index is 2.05. The van der Waals surface area contributed by atoms with Gasteiger partial charge in [-0.25, -0.2) is 0 Å². The summed E-state index contributed by atoms with van der Waals surface area (Å²) in [7, 11) is 0. The van der Waals surface area contributed by atoms with Crippen molar-refractivity contribution in [3.63, 3.8) is 0 Å². The average molecular weight is 319 g/mol. The van der Waals surface area contributed by atoms with Crippen LogP contribution in [0.3, 0.4) is 0 Å². The maximum atomic E-state index is 11.6. The van der Waals surface area contributed by atoms with Gasteiger partial charge in [0.25, 0.3) is 0 Å². The highest BCUT2D eigenvalue weighted by atomic mass is 16.5. The van der Waals surface area contributed by atoms with Crippen LogP contribution in [0, 0.1) is 13.8 Å². The average Bonchev–Trinajstić information content (AvgIpc) is 2.47. The summed E-state index contributed by atoms with van der Waals surface area (Å²) in [5.74, 6) is -0.181. The van der Waals surface area contributed by atoms with Gasteiger partial charge in [0, 0.05) is 19.1 Å². The summed E-state index contributed by atoms with van der Waals surface area (Å²) in [6, 6.07) is 4.56. The molecule has 2 rings (SSSR count). The van der Waals surface area contributed by atoms with Crippen LogP contribution in [0.2, 0.25) is 0 Å². The molecule has 1 aromatic carbocycles. The number of fused-ring (bicyclic) bond motifs is 1. The second-order valence-corrected chi connectivity index (χ2v) is 6.64. The fourth-order valence-electron chi connectivity index (χ4n) is 3.32. The lowest BCUT2D eigenvalue weighted by Crippen LogP contribution is -2.45. The highest BCUT2D eigenvalue weighted by Crippen LogP contribution is 2.24. The fraction of sp³-hybridized carbons (Fsp3) is 0.611. The number of hydrogen-bond donors (Lipinski definition) is 3. The molecule has 5 nitrogen and oxygen atoms in total. The molecule has 0 radical (unpaired) electrons. The van der Waals surface area contributed by atoms with Gasteiger partial charge < -0.3 is 10.5 Å². The van der Waals surface area contributed by atoms with Crippen molar-refractivity contribution in [2.75, 3.05) is 19.6 Å². The zero-order chi connectivity index (χ0) is 16.8. The molecule has 3 N–H and O–H groups in total. The van der Waals surface area contributed by atoms with E-state index in [1.165, 1.54) is 41.5 Å². The van der Waals surface area contributed by atoms with E-state index in [0.29, 0.717) is 0 Å². The van der Waals surface area contributed by atoms with Gasteiger partial charge in [-0.15, -0.1) is 0 Å². The van der Waals surface area contributed by atoms with Crippen LogP contribution in [0.5, 0.6) is 0 Å². The van der Waals surface area contributed by atoms with Crippen molar-refractivity contribution < 1.29 is 10.0 Å². The molecule has 0 saturated carbocycles. The lowest BCUT2D eigenvalue weighted by molar-refractivity contribution is -0.122. The van der Waals surface area contributed by atoms with Crippen LogP contribution in [0.15, 0.2) is 12.1 Å². The Morgan fingerprint density at radius 3 is 2.87 bits per heavy atom. The van der Waals surface area contributed by atoms with Gasteiger partial charge in [-0.05, 0) is 68.8 Å². The summed E-state index contributed by atoms with van der Waals surface area (Å²) >= 11 is 0. The summed E-state index contributed by atoms with van der Waals surface area (Å²) < 4.78 is 0. The largest absolute Gasteiger partial charge is 0.351 e. The first-order valence-electron chi connectivity index (χ1n) is 8.48. The zero-order valence-electron chi connectivity index (χ0n) is 14.5. The highest BCUT2D eigenvalue weighted by molar-refractivity contribution is 5.78. The number of hydrogen-bond acceptors (Lipinski definition) is 4. The van der Waals surface area contributed by atoms with E-state index in [2.05, 4.69) is 36.2 Å². The number of carbonyl (C=O) groups excluding carboxylic acids is 1. The third kappa shape index (κ3) is 5.03. The topological polar surface area (TPSA) is 64.6 Å². The molecule has 0 fully saturated rings. The number of aryl methyl sites for hydroxylation is 2. The van der Waals surface area contributed by atoms with Crippen molar-refractivity contribution in [1.82, 2.24) is 15.7 Å². The van der Waals surface area contributed by atoms with E-state index in [9.17, 15) is 4.79 Å². The minimum absolute atomic E-state index is 0.0591. The minimum atomic E-state index is -0.181. The molecule has 1 amide bonds. The standard InChI is InChI=1S/C18H29N3O2/c1-13-7-8-16-6-4-5-9-21(12-17(16)15(13)3)11-14(2)20-18(22)10-19-23/h7-8,14,19,23H,4-6,9-12H2,1-3H3,(H,20,22)/t14-/m0/s1. The summed E-state index contributed by atoms with van der Waals surface area (Å²) in [4.78, 5) is 14.0. The molecule has 0 unspecified atom stereocenters. The van der Waals surface area contributed by atoms with Gasteiger partial charge in [0.1, 0.15) is 0 Å². The Morgan fingerprint density at radius 1 is 1.35 bits per heavy atom. The molecule has 1 atom stereocenters. The Kier molecular flexibility index (Phi) is 6.57. The monoisotopic (exact) mass is 319 g/mol. The molecule has 128 valence electrons. The summed E-state index contributed by atoms with van der Waals surface area (Å²) in [6.45, 7) is 9.16. The summed E-state index contributed by atoms with van der Waals surface area (Å²) in [5, 5.41) is 11.5. The van der Waals surface area contributed by atoms with Crippen molar-refractivity contribution >= 4 is 5.91 Å². The van der Waals surface area contributed by atoms with Crippen LogP contribution in [-0.2, 0) is 17.8 Å². The molecule has 0 saturated heterocycles. The molecular weight excluding hydrogens is 290 g/mol. The normalized spacial score (nSPS) is 17.0. The van der Waals surface area contributed by atoms with Crippen LogP contribution in [0.1, 0.15) is 42.0 Å². The molecule has 23 heavy (non-hydrogen) atoms. The van der Waals surface area contributed by atoms with Crippen molar-refractivity contribution in [3.05, 3.63) is 34.4 Å². The van der Waals surface area contributed by atoms with Gasteiger partial charge in [0.2, 0.25) is 5.91 Å². The van der Waals surface area contributed by atoms with E-state index in [-0.39, 0.29) is 18.5 Å². The molecule has 1 aliphatic heterocycles. The van der Waals surface area contributed by atoms with Crippen molar-refractivity contribution in [2.24, 2.45) is 0 Å². The van der Waals surface area contributed by atoms with Gasteiger partial charge in [0.15, 0.2) is 0 Å². The van der Waals surface area contributed by atoms with E-state index in [1.807, 2.05) is 12.4 Å². The summed E-state index contributed by atoms with van der Waals surface area (Å²) in [6.07, 6.45) is 3.56. The number of rotatable bonds is 5. The second-order valence-electron chi connectivity index (χ2n) is 6.64. The van der Waals surface area contributed by atoms with Crippen molar-refractivity contribution in [1.29, 1.82) is 0 Å². The first-order valence-corrected chi connectivity index (χ1v) is 8.48. The molecular formula is C18H29N3O2. The molecule has 0 aromatic heterocycles. The van der Waals surface area contributed by atoms with Crippen LogP contribution >= 0.6 is 0 Å². The number of nitrogens with one attached hydrogen (secondary N) is 2. The minimum Gasteiger partial charge on any atom is -0.351 e. The number of carbonyl (C=O) groups is 1. The van der Waals surface area contributed by atoms with Gasteiger partial charge in [-0.1, -0.05) is 12.1 Å². The number of hydroxylamine groups is 1. The molecule has 1 aliphatic rings. The molecule has 0 spiro atoms. The van der Waals surface area contributed by atoms with E-state index >= 15 is 0 Å². The Labute approximate surface area is 139 Å². The Morgan fingerprint density at radius 2 is 2.13 bits per heavy atom. The molecule has 1 aromatic rings. The third-order valence-electron chi connectivity index (χ3n) is 4.70. The van der Waals surface area contributed by atoms with Gasteiger partial charge in [-0.2, -0.15) is 5.48 Å². The molecule has 0 aliphatic carbocycles. The first-order chi connectivity index (χ1) is 11.0.